The number of hydrogen-bond acceptors (Lipinski definition) is 10. The van der Waals surface area contributed by atoms with E-state index in [2.05, 4.69) is 20.7 Å². The van der Waals surface area contributed by atoms with Crippen molar-refractivity contribution in [2.45, 2.75) is 89.5 Å². The maximum absolute atomic E-state index is 12.6. The standard InChI is InChI=1S/C30H41N3O12/c1-20(16-21-6-3-2-4-7-21)25(37)17-23(44-18-34)10-12-26(38)31-15-5-8-22(36)9-11-24(29(41)42)32-30(43)33-27(45-19-35)13-14-28(39)40/h2-4,6-7,18-20,23-24,27H,5,8-17H2,1H3,(H,31,38)(H,39,40)(H,41,42)(H2,32,33,43)/t20?,23-,24-,27+/m0/s1. The number of carbonyl (C=O) groups is 8. The normalized spacial score (nSPS) is 13.2. The molecule has 3 amide bonds. The van der Waals surface area contributed by atoms with Crippen molar-refractivity contribution >= 4 is 48.4 Å². The van der Waals surface area contributed by atoms with Crippen LogP contribution in [0.15, 0.2) is 30.3 Å². The molecule has 0 radical (unpaired) electrons. The third-order valence-corrected chi connectivity index (χ3v) is 6.71. The summed E-state index contributed by atoms with van der Waals surface area (Å²) in [5, 5.41) is 25.0. The van der Waals surface area contributed by atoms with Gasteiger partial charge in [0.1, 0.15) is 23.7 Å². The molecule has 0 fully saturated rings. The summed E-state index contributed by atoms with van der Waals surface area (Å²) in [4.78, 5) is 92.9. The van der Waals surface area contributed by atoms with Crippen LogP contribution in [0.4, 0.5) is 4.79 Å². The number of urea groups is 1. The Kier molecular flexibility index (Phi) is 18.5. The average Bonchev–Trinajstić information content (AvgIpc) is 2.99. The van der Waals surface area contributed by atoms with Crippen LogP contribution in [0.2, 0.25) is 0 Å². The van der Waals surface area contributed by atoms with E-state index in [1.54, 1.807) is 6.92 Å². The lowest BCUT2D eigenvalue weighted by atomic mass is 9.93. The Bertz CT molecular complexity index is 1140. The van der Waals surface area contributed by atoms with E-state index >= 15 is 0 Å². The second-order valence-electron chi connectivity index (χ2n) is 10.3. The number of carboxylic acids is 2. The van der Waals surface area contributed by atoms with E-state index in [0.29, 0.717) is 6.42 Å². The number of carboxylic acid groups (broad SMARTS) is 2. The minimum Gasteiger partial charge on any atom is -0.481 e. The minimum absolute atomic E-state index is 0.00409. The largest absolute Gasteiger partial charge is 0.481 e. The summed E-state index contributed by atoms with van der Waals surface area (Å²) in [5.74, 6) is -3.63. The van der Waals surface area contributed by atoms with E-state index in [1.165, 1.54) is 0 Å². The van der Waals surface area contributed by atoms with Gasteiger partial charge in [-0.3, -0.25) is 28.8 Å². The minimum atomic E-state index is -1.44. The first-order chi connectivity index (χ1) is 21.4. The van der Waals surface area contributed by atoms with Crippen molar-refractivity contribution in [2.24, 2.45) is 5.92 Å². The van der Waals surface area contributed by atoms with Gasteiger partial charge in [-0.1, -0.05) is 37.3 Å². The molecule has 0 aromatic heterocycles. The summed E-state index contributed by atoms with van der Waals surface area (Å²) in [6.45, 7) is 2.22. The molecule has 5 N–H and O–H groups in total. The van der Waals surface area contributed by atoms with Crippen molar-refractivity contribution in [3.63, 3.8) is 0 Å². The van der Waals surface area contributed by atoms with Crippen LogP contribution < -0.4 is 16.0 Å². The van der Waals surface area contributed by atoms with Crippen LogP contribution in [0.1, 0.15) is 70.3 Å². The van der Waals surface area contributed by atoms with E-state index in [1.807, 2.05) is 30.3 Å². The molecule has 0 aliphatic carbocycles. The number of carbonyl (C=O) groups excluding carboxylic acids is 6. The van der Waals surface area contributed by atoms with E-state index in [0.717, 1.165) is 5.56 Å². The Morgan fingerprint density at radius 2 is 1.53 bits per heavy atom. The Hall–Kier alpha value is -4.82. The maximum atomic E-state index is 12.6. The lowest BCUT2D eigenvalue weighted by Gasteiger charge is -2.19. The molecule has 0 bridgehead atoms. The Morgan fingerprint density at radius 3 is 2.16 bits per heavy atom. The van der Waals surface area contributed by atoms with E-state index in [4.69, 9.17) is 9.84 Å². The van der Waals surface area contributed by atoms with Crippen LogP contribution >= 0.6 is 0 Å². The van der Waals surface area contributed by atoms with Crippen LogP contribution in [0.3, 0.4) is 0 Å². The number of benzene rings is 1. The molecule has 15 nitrogen and oxygen atoms in total. The molecule has 0 saturated heterocycles. The molecule has 248 valence electrons. The average molecular weight is 636 g/mol. The quantitative estimate of drug-likeness (QED) is 0.0585. The topological polar surface area (TPSA) is 232 Å². The molecule has 0 spiro atoms. The van der Waals surface area contributed by atoms with Crippen LogP contribution in [-0.2, 0) is 49.5 Å². The molecule has 0 aliphatic rings. The van der Waals surface area contributed by atoms with Crippen molar-refractivity contribution in [3.8, 4) is 0 Å². The van der Waals surface area contributed by atoms with Gasteiger partial charge < -0.3 is 35.6 Å². The van der Waals surface area contributed by atoms with Crippen molar-refractivity contribution in [3.05, 3.63) is 35.9 Å². The summed E-state index contributed by atoms with van der Waals surface area (Å²) >= 11 is 0. The molecule has 0 saturated carbocycles. The van der Waals surface area contributed by atoms with Gasteiger partial charge in [0, 0.05) is 44.6 Å². The van der Waals surface area contributed by atoms with Gasteiger partial charge in [0.05, 0.1) is 6.42 Å². The third kappa shape index (κ3) is 17.8. The molecular formula is C30H41N3O12. The number of ketones is 2. The van der Waals surface area contributed by atoms with Crippen LogP contribution in [-0.4, -0.2) is 83.5 Å². The van der Waals surface area contributed by atoms with Crippen molar-refractivity contribution in [1.82, 2.24) is 16.0 Å². The fourth-order valence-electron chi connectivity index (χ4n) is 4.23. The lowest BCUT2D eigenvalue weighted by molar-refractivity contribution is -0.141. The predicted molar refractivity (Wildman–Crippen MR) is 156 cm³/mol. The smallest absolute Gasteiger partial charge is 0.326 e. The monoisotopic (exact) mass is 635 g/mol. The van der Waals surface area contributed by atoms with Crippen molar-refractivity contribution in [2.75, 3.05) is 6.54 Å². The summed E-state index contributed by atoms with van der Waals surface area (Å²) in [6, 6.07) is 7.03. The summed E-state index contributed by atoms with van der Waals surface area (Å²) in [7, 11) is 0. The molecule has 15 heteroatoms. The number of aliphatic carboxylic acids is 2. The first-order valence-electron chi connectivity index (χ1n) is 14.5. The van der Waals surface area contributed by atoms with Crippen LogP contribution in [0.25, 0.3) is 0 Å². The number of hydrogen-bond donors (Lipinski definition) is 5. The van der Waals surface area contributed by atoms with E-state index in [-0.39, 0.29) is 94.2 Å². The molecule has 45 heavy (non-hydrogen) atoms. The maximum Gasteiger partial charge on any atom is 0.326 e. The highest BCUT2D eigenvalue weighted by Crippen LogP contribution is 2.15. The van der Waals surface area contributed by atoms with Crippen molar-refractivity contribution in [1.29, 1.82) is 0 Å². The second kappa shape index (κ2) is 21.8. The zero-order valence-corrected chi connectivity index (χ0v) is 25.1. The fraction of sp³-hybridized carbons (Fsp3) is 0.533. The fourth-order valence-corrected chi connectivity index (χ4v) is 4.23. The number of nitrogens with one attached hydrogen (secondary N) is 3. The first-order valence-corrected chi connectivity index (χ1v) is 14.5. The Balaban J connectivity index is 2.37. The molecule has 0 aliphatic heterocycles. The van der Waals surface area contributed by atoms with E-state index in [9.17, 15) is 43.5 Å². The summed E-state index contributed by atoms with van der Waals surface area (Å²) in [6.07, 6.45) is -2.12. The van der Waals surface area contributed by atoms with Crippen LogP contribution in [0, 0.1) is 5.92 Å². The summed E-state index contributed by atoms with van der Waals surface area (Å²) in [5.41, 5.74) is 1.01. The van der Waals surface area contributed by atoms with Gasteiger partial charge in [0.15, 0.2) is 6.23 Å². The van der Waals surface area contributed by atoms with Gasteiger partial charge >= 0.3 is 18.0 Å². The van der Waals surface area contributed by atoms with Gasteiger partial charge in [-0.05, 0) is 31.2 Å². The highest BCUT2D eigenvalue weighted by molar-refractivity contribution is 5.84. The Morgan fingerprint density at radius 1 is 0.844 bits per heavy atom. The number of Topliss-reactive ketones (excluding diaryl/α,β-unsaturated/α-hetero) is 2. The first kappa shape index (κ1) is 38.2. The Labute approximate surface area is 260 Å². The molecule has 4 atom stereocenters. The van der Waals surface area contributed by atoms with Gasteiger partial charge in [-0.2, -0.15) is 0 Å². The highest BCUT2D eigenvalue weighted by atomic mass is 16.5. The van der Waals surface area contributed by atoms with Crippen molar-refractivity contribution < 1.29 is 58.0 Å². The SMILES string of the molecule is CC(Cc1ccccc1)C(=O)C[C@H](CCC(=O)NCCCC(=O)CC[C@H](NC(=O)N[C@@H](CCC(=O)O)OC=O)C(=O)O)OC=O. The molecule has 1 rings (SSSR count). The van der Waals surface area contributed by atoms with E-state index < -0.39 is 42.8 Å². The predicted octanol–water partition coefficient (Wildman–Crippen LogP) is 1.51. The van der Waals surface area contributed by atoms with Crippen LogP contribution in [0.5, 0.6) is 0 Å². The highest BCUT2D eigenvalue weighted by Gasteiger charge is 2.24. The molecular weight excluding hydrogens is 594 g/mol. The van der Waals surface area contributed by atoms with Gasteiger partial charge in [-0.15, -0.1) is 0 Å². The molecule has 1 aromatic rings. The van der Waals surface area contributed by atoms with Gasteiger partial charge in [-0.25, -0.2) is 9.59 Å². The molecule has 1 unspecified atom stereocenters. The lowest BCUT2D eigenvalue weighted by Crippen LogP contribution is -2.49. The number of amides is 3. The number of rotatable bonds is 25. The number of ether oxygens (including phenoxy) is 2. The third-order valence-electron chi connectivity index (χ3n) is 6.71. The molecule has 0 heterocycles. The zero-order valence-electron chi connectivity index (χ0n) is 25.1. The summed E-state index contributed by atoms with van der Waals surface area (Å²) < 4.78 is 9.59. The molecule has 1 aromatic carbocycles. The van der Waals surface area contributed by atoms with Gasteiger partial charge in [0.2, 0.25) is 5.91 Å². The zero-order chi connectivity index (χ0) is 33.6. The second-order valence-corrected chi connectivity index (χ2v) is 10.3. The van der Waals surface area contributed by atoms with Gasteiger partial charge in [0.25, 0.3) is 12.9 Å².